The Labute approximate surface area is 160 Å². The zero-order chi connectivity index (χ0) is 17.5. The van der Waals surface area contributed by atoms with Crippen LogP contribution < -0.4 is 10.1 Å². The van der Waals surface area contributed by atoms with Crippen LogP contribution in [0.25, 0.3) is 0 Å². The Morgan fingerprint density at radius 1 is 0.920 bits per heavy atom. The first-order chi connectivity index (χ1) is 12.2. The first-order valence-electron chi connectivity index (χ1n) is 7.85. The molecule has 0 bridgehead atoms. The minimum absolute atomic E-state index is 0.0145. The monoisotopic (exact) mass is 444 g/mol. The van der Waals surface area contributed by atoms with E-state index in [1.807, 2.05) is 60.7 Å². The van der Waals surface area contributed by atoms with Crippen molar-refractivity contribution < 1.29 is 9.53 Å². The summed E-state index contributed by atoms with van der Waals surface area (Å²) in [5, 5.41) is 2.84. The number of benzene rings is 2. The molecule has 0 radical (unpaired) electrons. The number of amides is 1. The average Bonchev–Trinajstić information content (AvgIpc) is 2.64. The van der Waals surface area contributed by atoms with E-state index in [1.165, 1.54) is 11.1 Å². The standard InChI is InChI=1S/C20H17IN2O2/c21-17-3-7-19(8-4-17)25-14-20(24)23-18-5-1-15(2-6-18)13-16-9-11-22-12-10-16/h1-12H,13-14H2,(H,23,24). The smallest absolute Gasteiger partial charge is 0.262 e. The van der Waals surface area contributed by atoms with Gasteiger partial charge in [-0.3, -0.25) is 9.78 Å². The molecule has 25 heavy (non-hydrogen) atoms. The number of carbonyl (C=O) groups is 1. The quantitative estimate of drug-likeness (QED) is 0.578. The SMILES string of the molecule is O=C(COc1ccc(I)cc1)Nc1ccc(Cc2ccncc2)cc1. The molecule has 0 atom stereocenters. The Balaban J connectivity index is 1.50. The van der Waals surface area contributed by atoms with E-state index in [9.17, 15) is 4.79 Å². The largest absolute Gasteiger partial charge is 0.484 e. The van der Waals surface area contributed by atoms with Gasteiger partial charge in [0.15, 0.2) is 6.61 Å². The van der Waals surface area contributed by atoms with Gasteiger partial charge in [-0.05, 0) is 88.7 Å². The van der Waals surface area contributed by atoms with Gasteiger partial charge in [0, 0.05) is 21.7 Å². The van der Waals surface area contributed by atoms with Crippen molar-refractivity contribution in [3.63, 3.8) is 0 Å². The van der Waals surface area contributed by atoms with Crippen LogP contribution in [-0.4, -0.2) is 17.5 Å². The lowest BCUT2D eigenvalue weighted by molar-refractivity contribution is -0.118. The van der Waals surface area contributed by atoms with Crippen LogP contribution in [0, 0.1) is 3.57 Å². The molecule has 0 aliphatic rings. The number of aromatic nitrogens is 1. The molecule has 126 valence electrons. The fourth-order valence-electron chi connectivity index (χ4n) is 2.32. The topological polar surface area (TPSA) is 51.2 Å². The molecular weight excluding hydrogens is 427 g/mol. The van der Waals surface area contributed by atoms with Gasteiger partial charge >= 0.3 is 0 Å². The molecule has 0 unspecified atom stereocenters. The zero-order valence-corrected chi connectivity index (χ0v) is 15.6. The van der Waals surface area contributed by atoms with E-state index in [4.69, 9.17) is 4.74 Å². The van der Waals surface area contributed by atoms with Gasteiger partial charge in [-0.2, -0.15) is 0 Å². The highest BCUT2D eigenvalue weighted by atomic mass is 127. The van der Waals surface area contributed by atoms with E-state index in [0.29, 0.717) is 5.75 Å². The third kappa shape index (κ3) is 5.56. The molecular formula is C20H17IN2O2. The van der Waals surface area contributed by atoms with E-state index >= 15 is 0 Å². The first kappa shape index (κ1) is 17.4. The third-order valence-corrected chi connectivity index (χ3v) is 4.30. The van der Waals surface area contributed by atoms with E-state index in [1.54, 1.807) is 12.4 Å². The molecule has 3 aromatic rings. The minimum Gasteiger partial charge on any atom is -0.484 e. The summed E-state index contributed by atoms with van der Waals surface area (Å²) in [6.07, 6.45) is 4.42. The Morgan fingerprint density at radius 2 is 1.56 bits per heavy atom. The molecule has 0 saturated carbocycles. The summed E-state index contributed by atoms with van der Waals surface area (Å²) in [5.74, 6) is 0.503. The van der Waals surface area contributed by atoms with Crippen molar-refractivity contribution in [1.82, 2.24) is 4.98 Å². The van der Waals surface area contributed by atoms with Gasteiger partial charge in [0.1, 0.15) is 5.75 Å². The van der Waals surface area contributed by atoms with Crippen LogP contribution >= 0.6 is 22.6 Å². The molecule has 0 aliphatic heterocycles. The molecule has 4 nitrogen and oxygen atoms in total. The number of halogens is 1. The number of rotatable bonds is 6. The maximum atomic E-state index is 12.0. The number of pyridine rings is 1. The fraction of sp³-hybridized carbons (Fsp3) is 0.100. The second-order valence-electron chi connectivity index (χ2n) is 5.52. The van der Waals surface area contributed by atoms with Crippen molar-refractivity contribution in [1.29, 1.82) is 0 Å². The maximum Gasteiger partial charge on any atom is 0.262 e. The summed E-state index contributed by atoms with van der Waals surface area (Å²) < 4.78 is 6.60. The van der Waals surface area contributed by atoms with Crippen LogP contribution in [-0.2, 0) is 11.2 Å². The highest BCUT2D eigenvalue weighted by Gasteiger charge is 2.04. The zero-order valence-electron chi connectivity index (χ0n) is 13.5. The predicted molar refractivity (Wildman–Crippen MR) is 107 cm³/mol. The van der Waals surface area contributed by atoms with Gasteiger partial charge < -0.3 is 10.1 Å². The van der Waals surface area contributed by atoms with Crippen LogP contribution in [0.15, 0.2) is 73.1 Å². The van der Waals surface area contributed by atoms with Crippen molar-refractivity contribution in [2.45, 2.75) is 6.42 Å². The first-order valence-corrected chi connectivity index (χ1v) is 8.93. The van der Waals surface area contributed by atoms with E-state index in [2.05, 4.69) is 32.9 Å². The lowest BCUT2D eigenvalue weighted by Crippen LogP contribution is -2.20. The third-order valence-electron chi connectivity index (χ3n) is 3.58. The number of hydrogen-bond acceptors (Lipinski definition) is 3. The highest BCUT2D eigenvalue weighted by molar-refractivity contribution is 14.1. The van der Waals surface area contributed by atoms with Crippen molar-refractivity contribution in [3.8, 4) is 5.75 Å². The summed E-state index contributed by atoms with van der Waals surface area (Å²) in [4.78, 5) is 16.0. The second kappa shape index (κ2) is 8.62. The van der Waals surface area contributed by atoms with Gasteiger partial charge in [0.05, 0.1) is 0 Å². The minimum atomic E-state index is -0.180. The molecule has 2 aromatic carbocycles. The van der Waals surface area contributed by atoms with Crippen LogP contribution in [0.2, 0.25) is 0 Å². The van der Waals surface area contributed by atoms with Crippen LogP contribution in [0.4, 0.5) is 5.69 Å². The molecule has 3 rings (SSSR count). The number of carbonyl (C=O) groups excluding carboxylic acids is 1. The molecule has 0 fully saturated rings. The number of ether oxygens (including phenoxy) is 1. The van der Waals surface area contributed by atoms with Crippen molar-refractivity contribution in [2.75, 3.05) is 11.9 Å². The van der Waals surface area contributed by atoms with E-state index in [0.717, 1.165) is 15.7 Å². The van der Waals surface area contributed by atoms with Gasteiger partial charge in [-0.25, -0.2) is 0 Å². The van der Waals surface area contributed by atoms with Crippen molar-refractivity contribution in [3.05, 3.63) is 87.8 Å². The average molecular weight is 444 g/mol. The Bertz CT molecular complexity index is 819. The van der Waals surface area contributed by atoms with Crippen LogP contribution in [0.5, 0.6) is 5.75 Å². The molecule has 0 aliphatic carbocycles. The lowest BCUT2D eigenvalue weighted by Gasteiger charge is -2.08. The molecule has 1 amide bonds. The lowest BCUT2D eigenvalue weighted by atomic mass is 10.1. The van der Waals surface area contributed by atoms with Gasteiger partial charge in [-0.1, -0.05) is 12.1 Å². The molecule has 1 N–H and O–H groups in total. The maximum absolute atomic E-state index is 12.0. The normalized spacial score (nSPS) is 10.3. The molecule has 5 heteroatoms. The summed E-state index contributed by atoms with van der Waals surface area (Å²) in [6, 6.07) is 19.4. The Morgan fingerprint density at radius 3 is 2.24 bits per heavy atom. The predicted octanol–water partition coefficient (Wildman–Crippen LogP) is 4.29. The number of hydrogen-bond donors (Lipinski definition) is 1. The van der Waals surface area contributed by atoms with E-state index < -0.39 is 0 Å². The summed E-state index contributed by atoms with van der Waals surface area (Å²) in [6.45, 7) is -0.0145. The highest BCUT2D eigenvalue weighted by Crippen LogP contribution is 2.15. The number of nitrogens with one attached hydrogen (secondary N) is 1. The second-order valence-corrected chi connectivity index (χ2v) is 6.77. The van der Waals surface area contributed by atoms with Gasteiger partial charge in [-0.15, -0.1) is 0 Å². The molecule has 0 saturated heterocycles. The number of anilines is 1. The fourth-order valence-corrected chi connectivity index (χ4v) is 2.68. The Kier molecular flexibility index (Phi) is 6.00. The Hall–Kier alpha value is -2.41. The molecule has 1 aromatic heterocycles. The van der Waals surface area contributed by atoms with Gasteiger partial charge in [0.25, 0.3) is 5.91 Å². The van der Waals surface area contributed by atoms with Crippen molar-refractivity contribution >= 4 is 34.2 Å². The molecule has 0 spiro atoms. The van der Waals surface area contributed by atoms with Gasteiger partial charge in [0.2, 0.25) is 0 Å². The van der Waals surface area contributed by atoms with Crippen LogP contribution in [0.3, 0.4) is 0 Å². The van der Waals surface area contributed by atoms with Crippen molar-refractivity contribution in [2.24, 2.45) is 0 Å². The summed E-state index contributed by atoms with van der Waals surface area (Å²) in [7, 11) is 0. The summed E-state index contributed by atoms with van der Waals surface area (Å²) >= 11 is 2.22. The van der Waals surface area contributed by atoms with Crippen LogP contribution in [0.1, 0.15) is 11.1 Å². The number of nitrogens with zero attached hydrogens (tertiary/aromatic N) is 1. The molecule has 1 heterocycles. The van der Waals surface area contributed by atoms with E-state index in [-0.39, 0.29) is 12.5 Å². The summed E-state index contributed by atoms with van der Waals surface area (Å²) in [5.41, 5.74) is 3.15.